The van der Waals surface area contributed by atoms with Crippen molar-refractivity contribution in [2.75, 3.05) is 7.11 Å². The van der Waals surface area contributed by atoms with Gasteiger partial charge in [-0.3, -0.25) is 9.59 Å². The Morgan fingerprint density at radius 3 is 2.56 bits per heavy atom. The van der Waals surface area contributed by atoms with Gasteiger partial charge in [0.1, 0.15) is 24.1 Å². The Bertz CT molecular complexity index is 887. The summed E-state index contributed by atoms with van der Waals surface area (Å²) in [7, 11) is 1.43. The van der Waals surface area contributed by atoms with Gasteiger partial charge in [0, 0.05) is 30.6 Å². The fourth-order valence-corrected chi connectivity index (χ4v) is 4.41. The van der Waals surface area contributed by atoms with Gasteiger partial charge in [0.05, 0.1) is 5.92 Å². The zero-order valence-corrected chi connectivity index (χ0v) is 15.3. The lowest BCUT2D eigenvalue weighted by Crippen LogP contribution is -2.57. The third-order valence-corrected chi connectivity index (χ3v) is 5.78. The maximum absolute atomic E-state index is 13.1. The highest BCUT2D eigenvalue weighted by Crippen LogP contribution is 2.52. The molecule has 2 aliphatic carbocycles. The fraction of sp³-hybridized carbons (Fsp3) is 0.364. The molecule has 0 aliphatic heterocycles. The SMILES string of the molecule is CO[C@H]1[C@H]2C(=O)c3cccc(OCc4ccccc4)c3[C@H]2CC(=O)[C@]1(C)O. The second-order valence-electron chi connectivity index (χ2n) is 7.42. The van der Waals surface area contributed by atoms with Crippen LogP contribution in [0.2, 0.25) is 0 Å². The molecule has 5 heteroatoms. The summed E-state index contributed by atoms with van der Waals surface area (Å²) < 4.78 is 11.5. The van der Waals surface area contributed by atoms with Crippen molar-refractivity contribution in [2.45, 2.75) is 37.6 Å². The molecule has 1 N–H and O–H groups in total. The van der Waals surface area contributed by atoms with Gasteiger partial charge < -0.3 is 14.6 Å². The van der Waals surface area contributed by atoms with Crippen molar-refractivity contribution in [3.63, 3.8) is 0 Å². The Hall–Kier alpha value is -2.50. The number of ketones is 2. The van der Waals surface area contributed by atoms with Crippen LogP contribution in [0.1, 0.15) is 40.7 Å². The zero-order valence-electron chi connectivity index (χ0n) is 15.3. The van der Waals surface area contributed by atoms with Crippen LogP contribution in [0.15, 0.2) is 48.5 Å². The molecule has 0 aromatic heterocycles. The molecule has 0 unspecified atom stereocenters. The molecular weight excluding hydrogens is 344 g/mol. The second kappa shape index (κ2) is 6.59. The Morgan fingerprint density at radius 2 is 1.85 bits per heavy atom. The first-order valence-electron chi connectivity index (χ1n) is 9.07. The largest absolute Gasteiger partial charge is 0.489 e. The first-order chi connectivity index (χ1) is 12.9. The molecule has 4 rings (SSSR count). The molecule has 1 saturated carbocycles. The molecule has 2 aromatic carbocycles. The molecule has 0 radical (unpaired) electrons. The standard InChI is InChI=1S/C22H22O5/c1-22(25)17(23)11-15-18-14(20(24)19(15)21(22)26-2)9-6-10-16(18)27-12-13-7-4-3-5-8-13/h3-10,15,19,21,25H,11-12H2,1-2H3/t15-,19-,21+,22+/m1/s1. The van der Waals surface area contributed by atoms with Crippen molar-refractivity contribution in [3.8, 4) is 5.75 Å². The first-order valence-corrected chi connectivity index (χ1v) is 9.07. The molecule has 0 bridgehead atoms. The maximum atomic E-state index is 13.1. The van der Waals surface area contributed by atoms with Crippen LogP contribution >= 0.6 is 0 Å². The molecule has 0 saturated heterocycles. The van der Waals surface area contributed by atoms with Crippen LogP contribution in [0.4, 0.5) is 0 Å². The summed E-state index contributed by atoms with van der Waals surface area (Å²) in [6.07, 6.45) is -0.771. The van der Waals surface area contributed by atoms with Gasteiger partial charge in [-0.2, -0.15) is 0 Å². The Labute approximate surface area is 157 Å². The molecule has 2 aliphatic rings. The number of methoxy groups -OCH3 is 1. The Kier molecular flexibility index (Phi) is 4.36. The highest BCUT2D eigenvalue weighted by atomic mass is 16.5. The third kappa shape index (κ3) is 2.78. The molecule has 4 atom stereocenters. The van der Waals surface area contributed by atoms with Gasteiger partial charge in [-0.1, -0.05) is 42.5 Å². The highest BCUT2D eigenvalue weighted by molar-refractivity contribution is 6.07. The fourth-order valence-electron chi connectivity index (χ4n) is 4.41. The first kappa shape index (κ1) is 17.9. The number of hydrogen-bond donors (Lipinski definition) is 1. The molecule has 1 fully saturated rings. The molecule has 27 heavy (non-hydrogen) atoms. The van der Waals surface area contributed by atoms with E-state index in [0.29, 0.717) is 17.9 Å². The van der Waals surface area contributed by atoms with Crippen LogP contribution in [0, 0.1) is 5.92 Å². The summed E-state index contributed by atoms with van der Waals surface area (Å²) in [6, 6.07) is 15.2. The lowest BCUT2D eigenvalue weighted by Gasteiger charge is -2.41. The van der Waals surface area contributed by atoms with Crippen molar-refractivity contribution in [3.05, 3.63) is 65.2 Å². The smallest absolute Gasteiger partial charge is 0.169 e. The average molecular weight is 366 g/mol. The van der Waals surface area contributed by atoms with Crippen LogP contribution in [0.3, 0.4) is 0 Å². The summed E-state index contributed by atoms with van der Waals surface area (Å²) in [5.41, 5.74) is 0.671. The summed E-state index contributed by atoms with van der Waals surface area (Å²) >= 11 is 0. The molecule has 5 nitrogen and oxygen atoms in total. The van der Waals surface area contributed by atoms with E-state index < -0.39 is 17.6 Å². The molecule has 2 aromatic rings. The number of ether oxygens (including phenoxy) is 2. The summed E-state index contributed by atoms with van der Waals surface area (Å²) in [4.78, 5) is 25.6. The minimum absolute atomic E-state index is 0.0974. The van der Waals surface area contributed by atoms with E-state index in [0.717, 1.165) is 11.1 Å². The van der Waals surface area contributed by atoms with E-state index in [1.165, 1.54) is 14.0 Å². The highest BCUT2D eigenvalue weighted by Gasteiger charge is 2.58. The van der Waals surface area contributed by atoms with E-state index in [-0.39, 0.29) is 23.9 Å². The van der Waals surface area contributed by atoms with Gasteiger partial charge in [0.25, 0.3) is 0 Å². The van der Waals surface area contributed by atoms with E-state index in [2.05, 4.69) is 0 Å². The number of fused-ring (bicyclic) bond motifs is 3. The number of carbonyl (C=O) groups is 2. The van der Waals surface area contributed by atoms with E-state index in [4.69, 9.17) is 9.47 Å². The van der Waals surface area contributed by atoms with Gasteiger partial charge in [-0.15, -0.1) is 0 Å². The molecule has 0 spiro atoms. The number of Topliss-reactive ketones (excluding diaryl/α,β-unsaturated/α-hetero) is 2. The number of hydrogen-bond acceptors (Lipinski definition) is 5. The normalized spacial score (nSPS) is 29.4. The summed E-state index contributed by atoms with van der Waals surface area (Å²) in [6.45, 7) is 1.81. The topological polar surface area (TPSA) is 72.8 Å². The van der Waals surface area contributed by atoms with Crippen molar-refractivity contribution in [1.82, 2.24) is 0 Å². The summed E-state index contributed by atoms with van der Waals surface area (Å²) in [5.74, 6) is -0.716. The van der Waals surface area contributed by atoms with Crippen LogP contribution in [0.25, 0.3) is 0 Å². The molecule has 0 amide bonds. The molecular formula is C22H22O5. The number of carbonyl (C=O) groups excluding carboxylic acids is 2. The van der Waals surface area contributed by atoms with Gasteiger partial charge in [-0.25, -0.2) is 0 Å². The van der Waals surface area contributed by atoms with Crippen molar-refractivity contribution in [2.24, 2.45) is 5.92 Å². The third-order valence-electron chi connectivity index (χ3n) is 5.78. The van der Waals surface area contributed by atoms with Crippen LogP contribution < -0.4 is 4.74 Å². The predicted octanol–water partition coefficient (Wildman–Crippen LogP) is 2.90. The van der Waals surface area contributed by atoms with Crippen LogP contribution in [-0.2, 0) is 16.1 Å². The monoisotopic (exact) mass is 366 g/mol. The quantitative estimate of drug-likeness (QED) is 0.901. The van der Waals surface area contributed by atoms with E-state index >= 15 is 0 Å². The predicted molar refractivity (Wildman–Crippen MR) is 98.8 cm³/mol. The Balaban J connectivity index is 1.70. The van der Waals surface area contributed by atoms with Gasteiger partial charge in [-0.05, 0) is 18.6 Å². The van der Waals surface area contributed by atoms with Gasteiger partial charge in [0.2, 0.25) is 0 Å². The van der Waals surface area contributed by atoms with Gasteiger partial charge >= 0.3 is 0 Å². The number of rotatable bonds is 4. The van der Waals surface area contributed by atoms with Crippen LogP contribution in [-0.4, -0.2) is 35.5 Å². The summed E-state index contributed by atoms with van der Waals surface area (Å²) in [5, 5.41) is 10.6. The molecule has 140 valence electrons. The van der Waals surface area contributed by atoms with Crippen molar-refractivity contribution < 1.29 is 24.2 Å². The van der Waals surface area contributed by atoms with E-state index in [1.54, 1.807) is 12.1 Å². The number of aliphatic hydroxyl groups is 1. The lowest BCUT2D eigenvalue weighted by molar-refractivity contribution is -0.163. The van der Waals surface area contributed by atoms with E-state index in [9.17, 15) is 14.7 Å². The minimum atomic E-state index is -1.67. The second-order valence-corrected chi connectivity index (χ2v) is 7.42. The van der Waals surface area contributed by atoms with Crippen molar-refractivity contribution in [1.29, 1.82) is 0 Å². The van der Waals surface area contributed by atoms with Crippen molar-refractivity contribution >= 4 is 11.6 Å². The maximum Gasteiger partial charge on any atom is 0.169 e. The number of benzene rings is 2. The zero-order chi connectivity index (χ0) is 19.2. The van der Waals surface area contributed by atoms with Crippen LogP contribution in [0.5, 0.6) is 5.75 Å². The van der Waals surface area contributed by atoms with E-state index in [1.807, 2.05) is 36.4 Å². The molecule has 0 heterocycles. The minimum Gasteiger partial charge on any atom is -0.489 e. The average Bonchev–Trinajstić information content (AvgIpc) is 2.94. The lowest BCUT2D eigenvalue weighted by atomic mass is 9.69. The van der Waals surface area contributed by atoms with Gasteiger partial charge in [0.15, 0.2) is 11.6 Å². The Morgan fingerprint density at radius 1 is 1.11 bits per heavy atom.